The van der Waals surface area contributed by atoms with Crippen molar-refractivity contribution >= 4 is 17.4 Å². The molecule has 188 valence electrons. The Morgan fingerprint density at radius 3 is 2.54 bits per heavy atom. The number of fused-ring (bicyclic) bond motifs is 5. The van der Waals surface area contributed by atoms with Crippen LogP contribution in [0.2, 0.25) is 5.02 Å². The van der Waals surface area contributed by atoms with E-state index in [4.69, 9.17) is 16.3 Å². The zero-order valence-corrected chi connectivity index (χ0v) is 22.0. The molecule has 0 spiro atoms. The van der Waals surface area contributed by atoms with Gasteiger partial charge in [0.05, 0.1) is 5.02 Å². The van der Waals surface area contributed by atoms with Gasteiger partial charge >= 0.3 is 0 Å². The van der Waals surface area contributed by atoms with E-state index in [0.29, 0.717) is 41.6 Å². The Hall–Kier alpha value is -2.04. The standard InChI is InChI=1S/C30H38ClNO3/c1-4-32(5-2)16-17-35-20-8-6-19(7-9-20)24-18-30(3)25(13-15-27(30)34)23-11-10-22-21(28(23)24)12-14-26(33)29(22)31/h6-9,12,14,23-25,28,33H,4-5,10-11,13,15-18H2,1-3H3/t23-,24+,25-,28+,30-/m0/s1. The molecule has 5 atom stereocenters. The highest BCUT2D eigenvalue weighted by Crippen LogP contribution is 2.64. The van der Waals surface area contributed by atoms with Crippen LogP contribution >= 0.6 is 11.6 Å². The SMILES string of the molecule is CCN(CC)CCOc1ccc([C@H]2C[C@]3(C)C(=O)CC[C@H]3[C@@H]3CCc4c(ccc(O)c4Cl)[C@H]32)cc1. The van der Waals surface area contributed by atoms with Crippen molar-refractivity contribution in [2.24, 2.45) is 17.3 Å². The van der Waals surface area contributed by atoms with E-state index in [-0.39, 0.29) is 17.1 Å². The molecule has 0 saturated heterocycles. The van der Waals surface area contributed by atoms with Gasteiger partial charge in [-0.3, -0.25) is 4.79 Å². The molecule has 2 saturated carbocycles. The zero-order valence-electron chi connectivity index (χ0n) is 21.2. The Labute approximate surface area is 214 Å². The highest BCUT2D eigenvalue weighted by Gasteiger charge is 2.58. The van der Waals surface area contributed by atoms with E-state index in [9.17, 15) is 9.90 Å². The molecule has 5 heteroatoms. The normalized spacial score (nSPS) is 29.6. The second-order valence-electron chi connectivity index (χ2n) is 10.9. The summed E-state index contributed by atoms with van der Waals surface area (Å²) in [4.78, 5) is 15.5. The quantitative estimate of drug-likeness (QED) is 0.471. The van der Waals surface area contributed by atoms with Gasteiger partial charge in [0, 0.05) is 18.4 Å². The van der Waals surface area contributed by atoms with E-state index in [0.717, 1.165) is 56.6 Å². The number of nitrogens with zero attached hydrogens (tertiary/aromatic N) is 1. The summed E-state index contributed by atoms with van der Waals surface area (Å²) in [5, 5.41) is 10.8. The summed E-state index contributed by atoms with van der Waals surface area (Å²) in [5.41, 5.74) is 3.40. The second-order valence-corrected chi connectivity index (χ2v) is 11.3. The van der Waals surface area contributed by atoms with E-state index in [2.05, 4.69) is 56.0 Å². The number of ketones is 1. The number of rotatable bonds is 7. The van der Waals surface area contributed by atoms with Gasteiger partial charge in [-0.05, 0) is 97.3 Å². The lowest BCUT2D eigenvalue weighted by molar-refractivity contribution is -0.130. The molecule has 0 amide bonds. The molecule has 0 bridgehead atoms. The van der Waals surface area contributed by atoms with E-state index < -0.39 is 0 Å². The van der Waals surface area contributed by atoms with E-state index in [1.807, 2.05) is 0 Å². The molecule has 5 rings (SSSR count). The lowest BCUT2D eigenvalue weighted by Gasteiger charge is -2.52. The topological polar surface area (TPSA) is 49.8 Å². The van der Waals surface area contributed by atoms with Gasteiger partial charge in [-0.1, -0.05) is 50.6 Å². The summed E-state index contributed by atoms with van der Waals surface area (Å²) in [6.45, 7) is 10.2. The molecule has 3 aliphatic carbocycles. The van der Waals surface area contributed by atoms with Crippen molar-refractivity contribution in [2.45, 2.75) is 64.7 Å². The number of Topliss-reactive ketones (excluding diaryl/α,β-unsaturated/α-hetero) is 1. The first-order valence-corrected chi connectivity index (χ1v) is 13.7. The Morgan fingerprint density at radius 2 is 1.83 bits per heavy atom. The van der Waals surface area contributed by atoms with Crippen molar-refractivity contribution in [3.8, 4) is 11.5 Å². The Balaban J connectivity index is 1.45. The van der Waals surface area contributed by atoms with Crippen molar-refractivity contribution in [2.75, 3.05) is 26.2 Å². The smallest absolute Gasteiger partial charge is 0.139 e. The minimum absolute atomic E-state index is 0.170. The van der Waals surface area contributed by atoms with Crippen molar-refractivity contribution in [1.82, 2.24) is 4.90 Å². The number of aromatic hydroxyl groups is 1. The number of hydrogen-bond acceptors (Lipinski definition) is 4. The van der Waals surface area contributed by atoms with Crippen LogP contribution in [-0.4, -0.2) is 42.0 Å². The predicted octanol–water partition coefficient (Wildman–Crippen LogP) is 6.59. The maximum atomic E-state index is 13.1. The van der Waals surface area contributed by atoms with Crippen LogP contribution in [0.4, 0.5) is 0 Å². The largest absolute Gasteiger partial charge is 0.506 e. The van der Waals surface area contributed by atoms with E-state index >= 15 is 0 Å². The first kappa shape index (κ1) is 24.6. The third kappa shape index (κ3) is 4.27. The molecule has 3 aliphatic rings. The fraction of sp³-hybridized carbons (Fsp3) is 0.567. The van der Waals surface area contributed by atoms with Crippen molar-refractivity contribution in [3.05, 3.63) is 58.1 Å². The van der Waals surface area contributed by atoms with Gasteiger partial charge in [0.15, 0.2) is 0 Å². The van der Waals surface area contributed by atoms with Crippen LogP contribution in [0.25, 0.3) is 0 Å². The lowest BCUT2D eigenvalue weighted by Crippen LogP contribution is -2.46. The molecule has 0 heterocycles. The average molecular weight is 496 g/mol. The number of phenolic OH excluding ortho intramolecular Hbond substituents is 1. The molecular formula is C30H38ClNO3. The van der Waals surface area contributed by atoms with Crippen LogP contribution in [0.1, 0.15) is 75.0 Å². The molecule has 0 aliphatic heterocycles. The van der Waals surface area contributed by atoms with Gasteiger partial charge < -0.3 is 14.7 Å². The third-order valence-electron chi connectivity index (χ3n) is 9.42. The minimum atomic E-state index is -0.247. The first-order chi connectivity index (χ1) is 16.9. The molecule has 0 unspecified atom stereocenters. The molecule has 0 aromatic heterocycles. The van der Waals surface area contributed by atoms with Gasteiger partial charge in [0.1, 0.15) is 23.9 Å². The molecule has 2 aromatic rings. The summed E-state index contributed by atoms with van der Waals surface area (Å²) < 4.78 is 6.04. The fourth-order valence-corrected chi connectivity index (χ4v) is 7.75. The van der Waals surface area contributed by atoms with Crippen molar-refractivity contribution < 1.29 is 14.6 Å². The van der Waals surface area contributed by atoms with Crippen LogP contribution in [0.3, 0.4) is 0 Å². The average Bonchev–Trinajstić information content (AvgIpc) is 3.18. The van der Waals surface area contributed by atoms with E-state index in [1.54, 1.807) is 6.07 Å². The predicted molar refractivity (Wildman–Crippen MR) is 141 cm³/mol. The summed E-state index contributed by atoms with van der Waals surface area (Å²) in [7, 11) is 0. The third-order valence-corrected chi connectivity index (χ3v) is 9.84. The molecule has 35 heavy (non-hydrogen) atoms. The Kier molecular flexibility index (Phi) is 6.89. The van der Waals surface area contributed by atoms with Gasteiger partial charge in [0.25, 0.3) is 0 Å². The van der Waals surface area contributed by atoms with Gasteiger partial charge in [-0.2, -0.15) is 0 Å². The minimum Gasteiger partial charge on any atom is -0.506 e. The summed E-state index contributed by atoms with van der Waals surface area (Å²) in [6.07, 6.45) is 4.48. The molecule has 2 fully saturated rings. The van der Waals surface area contributed by atoms with Crippen LogP contribution < -0.4 is 4.74 Å². The number of hydrogen-bond donors (Lipinski definition) is 1. The van der Waals surface area contributed by atoms with Gasteiger partial charge in [-0.15, -0.1) is 0 Å². The number of carbonyl (C=O) groups is 1. The number of phenols is 1. The number of likely N-dealkylation sites (N-methyl/N-ethyl adjacent to an activating group) is 1. The Morgan fingerprint density at radius 1 is 1.09 bits per heavy atom. The van der Waals surface area contributed by atoms with Crippen LogP contribution in [0, 0.1) is 17.3 Å². The van der Waals surface area contributed by atoms with Crippen molar-refractivity contribution in [1.29, 1.82) is 0 Å². The Bertz CT molecular complexity index is 1080. The molecule has 4 nitrogen and oxygen atoms in total. The maximum Gasteiger partial charge on any atom is 0.139 e. The maximum absolute atomic E-state index is 13.1. The first-order valence-electron chi connectivity index (χ1n) is 13.4. The van der Waals surface area contributed by atoms with Gasteiger partial charge in [0.2, 0.25) is 0 Å². The molecule has 1 N–H and O–H groups in total. The number of benzene rings is 2. The van der Waals surface area contributed by atoms with Crippen LogP contribution in [-0.2, 0) is 11.2 Å². The highest BCUT2D eigenvalue weighted by molar-refractivity contribution is 6.32. The number of ether oxygens (including phenoxy) is 1. The summed E-state index contributed by atoms with van der Waals surface area (Å²) in [5.74, 6) is 2.96. The number of halogens is 1. The second kappa shape index (κ2) is 9.78. The molecule has 2 aromatic carbocycles. The summed E-state index contributed by atoms with van der Waals surface area (Å²) >= 11 is 6.59. The van der Waals surface area contributed by atoms with Crippen LogP contribution in [0.5, 0.6) is 11.5 Å². The van der Waals surface area contributed by atoms with Crippen LogP contribution in [0.15, 0.2) is 36.4 Å². The zero-order chi connectivity index (χ0) is 24.7. The van der Waals surface area contributed by atoms with Crippen molar-refractivity contribution in [3.63, 3.8) is 0 Å². The molecule has 0 radical (unpaired) electrons. The fourth-order valence-electron chi connectivity index (χ4n) is 7.48. The monoisotopic (exact) mass is 495 g/mol. The number of carbonyl (C=O) groups excluding carboxylic acids is 1. The lowest BCUT2D eigenvalue weighted by atomic mass is 9.51. The highest BCUT2D eigenvalue weighted by atomic mass is 35.5. The molecular weight excluding hydrogens is 458 g/mol. The van der Waals surface area contributed by atoms with Gasteiger partial charge in [-0.25, -0.2) is 0 Å². The van der Waals surface area contributed by atoms with E-state index in [1.165, 1.54) is 11.1 Å². The summed E-state index contributed by atoms with van der Waals surface area (Å²) in [6, 6.07) is 12.4.